The molecule has 0 fully saturated rings. The molecule has 1 atom stereocenters. The fourth-order valence-electron chi connectivity index (χ4n) is 2.21. The molecule has 2 aromatic rings. The summed E-state index contributed by atoms with van der Waals surface area (Å²) in [5, 5.41) is 0.482. The highest BCUT2D eigenvalue weighted by atomic mass is 35.5. The van der Waals surface area contributed by atoms with Crippen molar-refractivity contribution in [1.29, 1.82) is 0 Å². The number of carbonyl (C=O) groups is 1. The Morgan fingerprint density at radius 3 is 2.81 bits per heavy atom. The van der Waals surface area contributed by atoms with Crippen molar-refractivity contribution in [2.75, 3.05) is 11.9 Å². The predicted octanol–water partition coefficient (Wildman–Crippen LogP) is 2.84. The van der Waals surface area contributed by atoms with Crippen LogP contribution in [0, 0.1) is 0 Å². The van der Waals surface area contributed by atoms with E-state index in [1.54, 1.807) is 42.6 Å². The largest absolute Gasteiger partial charge is 0.311 e. The second-order valence-electron chi connectivity index (χ2n) is 4.59. The first-order chi connectivity index (χ1) is 10.1. The first-order valence-electron chi connectivity index (χ1n) is 6.28. The van der Waals surface area contributed by atoms with Crippen molar-refractivity contribution in [2.45, 2.75) is 6.30 Å². The second-order valence-corrected chi connectivity index (χ2v) is 5.02. The van der Waals surface area contributed by atoms with Crippen LogP contribution in [0.15, 0.2) is 47.6 Å². The third-order valence-corrected chi connectivity index (χ3v) is 3.49. The third-order valence-electron chi connectivity index (χ3n) is 3.26. The summed E-state index contributed by atoms with van der Waals surface area (Å²) in [5.74, 6) is -0.718. The average molecular weight is 304 g/mol. The Morgan fingerprint density at radius 2 is 2.10 bits per heavy atom. The van der Waals surface area contributed by atoms with Crippen LogP contribution in [0.5, 0.6) is 0 Å². The molecule has 0 N–H and O–H groups in total. The van der Waals surface area contributed by atoms with Crippen LogP contribution in [-0.2, 0) is 4.79 Å². The maximum absolute atomic E-state index is 14.0. The average Bonchev–Trinajstić information content (AvgIpc) is 2.59. The van der Waals surface area contributed by atoms with E-state index in [-0.39, 0.29) is 0 Å². The Kier molecular flexibility index (Phi) is 3.43. The maximum Gasteiger partial charge on any atom is 0.284 e. The minimum Gasteiger partial charge on any atom is -0.311 e. The lowest BCUT2D eigenvalue weighted by molar-refractivity contribution is -0.122. The number of aliphatic imine (C=N–C) groups is 1. The number of fused-ring (bicyclic) bond motifs is 1. The molecule has 0 bridgehead atoms. The van der Waals surface area contributed by atoms with Gasteiger partial charge in [-0.3, -0.25) is 9.78 Å². The highest BCUT2D eigenvalue weighted by Crippen LogP contribution is 2.29. The Bertz CT molecular complexity index is 733. The number of hydrogen-bond acceptors (Lipinski definition) is 3. The molecular formula is C15H11ClFN3O. The van der Waals surface area contributed by atoms with Gasteiger partial charge in [0, 0.05) is 23.8 Å². The highest BCUT2D eigenvalue weighted by molar-refractivity contribution is 6.31. The molecule has 2 heterocycles. The molecule has 1 aliphatic heterocycles. The van der Waals surface area contributed by atoms with Crippen LogP contribution in [0.1, 0.15) is 11.3 Å². The summed E-state index contributed by atoms with van der Waals surface area (Å²) in [7, 11) is 1.51. The van der Waals surface area contributed by atoms with Gasteiger partial charge in [0.25, 0.3) is 12.2 Å². The molecule has 1 unspecified atom stereocenters. The Hall–Kier alpha value is -2.27. The van der Waals surface area contributed by atoms with Gasteiger partial charge in [-0.25, -0.2) is 9.38 Å². The van der Waals surface area contributed by atoms with E-state index in [1.807, 2.05) is 0 Å². The van der Waals surface area contributed by atoms with Crippen molar-refractivity contribution in [3.05, 3.63) is 58.9 Å². The number of carbonyl (C=O) groups excluding carboxylic acids is 1. The summed E-state index contributed by atoms with van der Waals surface area (Å²) in [5.41, 5.74) is 1.94. The first kappa shape index (κ1) is 13.7. The van der Waals surface area contributed by atoms with Gasteiger partial charge in [0.1, 0.15) is 0 Å². The number of alkyl halides is 1. The van der Waals surface area contributed by atoms with E-state index in [1.165, 1.54) is 11.9 Å². The number of halogens is 2. The van der Waals surface area contributed by atoms with E-state index in [2.05, 4.69) is 9.98 Å². The molecule has 3 rings (SSSR count). The van der Waals surface area contributed by atoms with Crippen LogP contribution in [0.4, 0.5) is 10.1 Å². The summed E-state index contributed by atoms with van der Waals surface area (Å²) in [6, 6.07) is 10.2. The van der Waals surface area contributed by atoms with Gasteiger partial charge in [0.05, 0.1) is 17.1 Å². The molecule has 0 radical (unpaired) electrons. The normalized spacial score (nSPS) is 18.0. The molecule has 6 heteroatoms. The maximum atomic E-state index is 14.0. The molecule has 4 nitrogen and oxygen atoms in total. The minimum absolute atomic E-state index is 0.318. The number of anilines is 1. The van der Waals surface area contributed by atoms with E-state index >= 15 is 0 Å². The molecule has 0 spiro atoms. The highest BCUT2D eigenvalue weighted by Gasteiger charge is 2.30. The lowest BCUT2D eigenvalue weighted by Gasteiger charge is -2.18. The molecule has 1 aromatic carbocycles. The topological polar surface area (TPSA) is 45.6 Å². The minimum atomic E-state index is -1.96. The number of aromatic nitrogens is 1. The van der Waals surface area contributed by atoms with Crippen molar-refractivity contribution in [3.8, 4) is 0 Å². The first-order valence-corrected chi connectivity index (χ1v) is 6.66. The number of nitrogens with zero attached hydrogens (tertiary/aromatic N) is 3. The molecule has 1 aromatic heterocycles. The van der Waals surface area contributed by atoms with Gasteiger partial charge in [-0.2, -0.15) is 0 Å². The summed E-state index contributed by atoms with van der Waals surface area (Å²) in [4.78, 5) is 21.3. The number of amides is 1. The van der Waals surface area contributed by atoms with Crippen LogP contribution in [0.2, 0.25) is 5.02 Å². The van der Waals surface area contributed by atoms with E-state index in [4.69, 9.17) is 11.6 Å². The summed E-state index contributed by atoms with van der Waals surface area (Å²) in [6.45, 7) is 0. The van der Waals surface area contributed by atoms with Gasteiger partial charge >= 0.3 is 0 Å². The van der Waals surface area contributed by atoms with Crippen molar-refractivity contribution < 1.29 is 9.18 Å². The smallest absolute Gasteiger partial charge is 0.284 e. The summed E-state index contributed by atoms with van der Waals surface area (Å²) >= 11 is 6.03. The molecule has 0 aliphatic carbocycles. The Balaban J connectivity index is 2.27. The van der Waals surface area contributed by atoms with Crippen LogP contribution >= 0.6 is 11.6 Å². The van der Waals surface area contributed by atoms with Crippen molar-refractivity contribution in [1.82, 2.24) is 4.98 Å². The Labute approximate surface area is 125 Å². The standard InChI is InChI=1S/C15H11ClFN3O/c1-20-12-6-5-9(16)8-10(12)13(19-14(17)15(20)21)11-4-2-3-7-18-11/h2-8,14H,1H3. The molecule has 21 heavy (non-hydrogen) atoms. The zero-order valence-electron chi connectivity index (χ0n) is 11.1. The van der Waals surface area contributed by atoms with Gasteiger partial charge in [0.15, 0.2) is 0 Å². The lowest BCUT2D eigenvalue weighted by Crippen LogP contribution is -2.32. The van der Waals surface area contributed by atoms with E-state index in [0.717, 1.165) is 0 Å². The molecule has 1 aliphatic rings. The van der Waals surface area contributed by atoms with Crippen molar-refractivity contribution in [2.24, 2.45) is 4.99 Å². The number of pyridine rings is 1. The predicted molar refractivity (Wildman–Crippen MR) is 79.6 cm³/mol. The van der Waals surface area contributed by atoms with Gasteiger partial charge in [-0.15, -0.1) is 0 Å². The van der Waals surface area contributed by atoms with Crippen molar-refractivity contribution in [3.63, 3.8) is 0 Å². The summed E-state index contributed by atoms with van der Waals surface area (Å²) in [6.07, 6.45) is -0.371. The fourth-order valence-corrected chi connectivity index (χ4v) is 2.39. The van der Waals surface area contributed by atoms with Gasteiger partial charge in [0.2, 0.25) is 0 Å². The summed E-state index contributed by atoms with van der Waals surface area (Å²) < 4.78 is 14.0. The van der Waals surface area contributed by atoms with Crippen LogP contribution in [0.3, 0.4) is 0 Å². The quantitative estimate of drug-likeness (QED) is 0.761. The Morgan fingerprint density at radius 1 is 1.29 bits per heavy atom. The molecular weight excluding hydrogens is 293 g/mol. The SMILES string of the molecule is CN1C(=O)C(F)N=C(c2ccccn2)c2cc(Cl)ccc21. The van der Waals surface area contributed by atoms with E-state index < -0.39 is 12.2 Å². The number of rotatable bonds is 1. The fraction of sp³-hybridized carbons (Fsp3) is 0.133. The molecule has 0 saturated heterocycles. The number of hydrogen-bond donors (Lipinski definition) is 0. The number of benzene rings is 1. The van der Waals surface area contributed by atoms with Crippen LogP contribution in [0.25, 0.3) is 0 Å². The van der Waals surface area contributed by atoms with Gasteiger partial charge in [-0.05, 0) is 30.3 Å². The van der Waals surface area contributed by atoms with Gasteiger partial charge < -0.3 is 4.90 Å². The van der Waals surface area contributed by atoms with Crippen molar-refractivity contribution >= 4 is 28.9 Å². The van der Waals surface area contributed by atoms with Gasteiger partial charge in [-0.1, -0.05) is 17.7 Å². The van der Waals surface area contributed by atoms with E-state index in [0.29, 0.717) is 27.7 Å². The zero-order chi connectivity index (χ0) is 15.0. The second kappa shape index (κ2) is 5.26. The number of likely N-dealkylation sites (N-methyl/N-ethyl adjacent to an activating group) is 1. The molecule has 0 saturated carbocycles. The number of benzodiazepines with no additional fused rings is 1. The third kappa shape index (κ3) is 2.40. The monoisotopic (exact) mass is 303 g/mol. The van der Waals surface area contributed by atoms with Crippen LogP contribution < -0.4 is 4.90 Å². The molecule has 1 amide bonds. The zero-order valence-corrected chi connectivity index (χ0v) is 11.9. The lowest BCUT2D eigenvalue weighted by atomic mass is 10.0. The van der Waals surface area contributed by atoms with E-state index in [9.17, 15) is 9.18 Å². The van der Waals surface area contributed by atoms with Crippen LogP contribution in [-0.4, -0.2) is 29.9 Å². The molecule has 106 valence electrons.